The number of fused-ring (bicyclic) bond motifs is 1. The molecule has 0 atom stereocenters. The molecule has 0 fully saturated rings. The third-order valence-corrected chi connectivity index (χ3v) is 12.8. The molecule has 68 heavy (non-hydrogen) atoms. The van der Waals surface area contributed by atoms with Crippen LogP contribution in [0, 0.1) is 5.92 Å². The first-order valence-corrected chi connectivity index (χ1v) is 23.5. The minimum atomic E-state index is -3.37. The molecule has 0 saturated carbocycles. The second-order valence-electron chi connectivity index (χ2n) is 20.6. The Balaban J connectivity index is 1.27. The second-order valence-corrected chi connectivity index (χ2v) is 20.6. The van der Waals surface area contributed by atoms with Crippen LogP contribution in [-0.4, -0.2) is 19.6 Å². The molecule has 9 aromatic rings. The normalized spacial score (nSPS) is 14.8. The number of phenolic OH excluding ortho intramolecular Hbond substituents is 1. The van der Waals surface area contributed by atoms with Gasteiger partial charge in [-0.05, 0) is 139 Å². The highest BCUT2D eigenvalue weighted by Gasteiger charge is 2.29. The topological polar surface area (TPSA) is 50.9 Å². The smallest absolute Gasteiger partial charge is 0.149 e. The Morgan fingerprint density at radius 2 is 1.19 bits per heavy atom. The predicted molar refractivity (Wildman–Crippen MR) is 288 cm³/mol. The standard InChI is InChI=1S/C64H65N3O/c1-41(2)33-47-37-52(29-30-53(47)44-21-16-13-17-22-44)67-58-24-18-23-54(59(58)66-61(67)55-39-51(63(6,7)8)40-56(60(55)68)64(9,10)11)48-34-46(42-19-14-12-15-20-42)35-49(36-48)57-38-45(31-32-65-57)43-25-27-50(28-26-43)62(3,4)5/h12-32,34-41,68H,33H2,1-11H3/i3D3,4D3,5D3. The van der Waals surface area contributed by atoms with Crippen LogP contribution in [0.3, 0.4) is 0 Å². The van der Waals surface area contributed by atoms with Gasteiger partial charge in [-0.1, -0.05) is 185 Å². The Morgan fingerprint density at radius 3 is 1.85 bits per heavy atom. The summed E-state index contributed by atoms with van der Waals surface area (Å²) < 4.78 is 76.3. The molecule has 4 nitrogen and oxygen atoms in total. The van der Waals surface area contributed by atoms with E-state index in [1.54, 1.807) is 24.4 Å². The first kappa shape index (κ1) is 36.1. The van der Waals surface area contributed by atoms with Crippen molar-refractivity contribution in [2.24, 2.45) is 5.92 Å². The highest BCUT2D eigenvalue weighted by atomic mass is 16.3. The van der Waals surface area contributed by atoms with E-state index in [4.69, 9.17) is 22.3 Å². The molecular formula is C64H65N3O. The molecule has 0 aliphatic rings. The molecule has 1 N–H and O–H groups in total. The molecule has 0 spiro atoms. The summed E-state index contributed by atoms with van der Waals surface area (Å²) in [6, 6.07) is 53.4. The molecular weight excluding hydrogens is 827 g/mol. The second kappa shape index (κ2) is 17.9. The number of para-hydroxylation sites is 1. The maximum absolute atomic E-state index is 12.6. The lowest BCUT2D eigenvalue weighted by molar-refractivity contribution is 0.446. The van der Waals surface area contributed by atoms with E-state index in [1.165, 1.54) is 23.3 Å². The van der Waals surface area contributed by atoms with Crippen LogP contribution in [0.2, 0.25) is 0 Å². The molecule has 0 aliphatic heterocycles. The summed E-state index contributed by atoms with van der Waals surface area (Å²) in [4.78, 5) is 10.5. The van der Waals surface area contributed by atoms with E-state index in [9.17, 15) is 5.11 Å². The van der Waals surface area contributed by atoms with Crippen molar-refractivity contribution in [2.75, 3.05) is 0 Å². The van der Waals surface area contributed by atoms with E-state index >= 15 is 0 Å². The molecule has 0 bridgehead atoms. The Bertz CT molecular complexity index is 3580. The van der Waals surface area contributed by atoms with Gasteiger partial charge in [0.15, 0.2) is 0 Å². The van der Waals surface area contributed by atoms with E-state index in [0.717, 1.165) is 67.6 Å². The highest BCUT2D eigenvalue weighted by molar-refractivity contribution is 5.98. The summed E-state index contributed by atoms with van der Waals surface area (Å²) in [5.74, 6) is 1.17. The van der Waals surface area contributed by atoms with Crippen molar-refractivity contribution in [1.82, 2.24) is 14.5 Å². The van der Waals surface area contributed by atoms with Crippen LogP contribution in [0.1, 0.15) is 111 Å². The number of nitrogens with zero attached hydrogens (tertiary/aromatic N) is 3. The predicted octanol–water partition coefficient (Wildman–Crippen LogP) is 17.2. The number of pyridine rings is 1. The zero-order valence-electron chi connectivity index (χ0n) is 49.2. The van der Waals surface area contributed by atoms with Gasteiger partial charge in [0, 0.05) is 40.9 Å². The zero-order chi connectivity index (χ0) is 55.6. The maximum Gasteiger partial charge on any atom is 0.149 e. The minimum absolute atomic E-state index is 0.187. The van der Waals surface area contributed by atoms with E-state index in [-0.39, 0.29) is 16.7 Å². The Kier molecular flexibility index (Phi) is 9.48. The van der Waals surface area contributed by atoms with Crippen LogP contribution in [0.5, 0.6) is 5.75 Å². The quantitative estimate of drug-likeness (QED) is 0.157. The van der Waals surface area contributed by atoms with Gasteiger partial charge < -0.3 is 5.11 Å². The van der Waals surface area contributed by atoms with Crippen LogP contribution in [-0.2, 0) is 22.7 Å². The molecule has 0 amide bonds. The van der Waals surface area contributed by atoms with Gasteiger partial charge in [0.2, 0.25) is 0 Å². The summed E-state index contributed by atoms with van der Waals surface area (Å²) in [7, 11) is 0. The third kappa shape index (κ3) is 9.30. The molecule has 342 valence electrons. The third-order valence-electron chi connectivity index (χ3n) is 12.8. The Morgan fingerprint density at radius 1 is 0.529 bits per heavy atom. The fraction of sp³-hybridized carbons (Fsp3) is 0.250. The van der Waals surface area contributed by atoms with Crippen LogP contribution in [0.4, 0.5) is 0 Å². The van der Waals surface area contributed by atoms with Crippen molar-refractivity contribution in [2.45, 2.75) is 98.6 Å². The van der Waals surface area contributed by atoms with Crippen LogP contribution in [0.15, 0.2) is 170 Å². The maximum atomic E-state index is 12.6. The van der Waals surface area contributed by atoms with Gasteiger partial charge >= 0.3 is 0 Å². The van der Waals surface area contributed by atoms with Crippen molar-refractivity contribution < 1.29 is 17.4 Å². The molecule has 0 saturated heterocycles. The minimum Gasteiger partial charge on any atom is -0.507 e. The molecule has 7 aromatic carbocycles. The van der Waals surface area contributed by atoms with Crippen molar-refractivity contribution >= 4 is 11.0 Å². The average molecular weight is 901 g/mol. The lowest BCUT2D eigenvalue weighted by Gasteiger charge is -2.27. The molecule has 9 rings (SSSR count). The van der Waals surface area contributed by atoms with Gasteiger partial charge in [0.1, 0.15) is 11.6 Å². The van der Waals surface area contributed by atoms with Crippen LogP contribution >= 0.6 is 0 Å². The SMILES string of the molecule is [2H]C([2H])([2H])C(c1ccc(-c2ccnc(-c3cc(-c4ccccc4)cc(-c4cccc5c4nc(-c4cc(C(C)(C)C)cc(C(C)(C)C)c4O)n5-c4ccc(-c5ccccc5)c(CC(C)C)c4)c3)c2)cc1)(C([2H])([2H])[2H])C([2H])([2H])[2H]. The lowest BCUT2D eigenvalue weighted by Crippen LogP contribution is -2.17. The average Bonchev–Trinajstić information content (AvgIpc) is 3.99. The summed E-state index contributed by atoms with van der Waals surface area (Å²) >= 11 is 0. The number of hydrogen-bond donors (Lipinski definition) is 1. The molecule has 0 radical (unpaired) electrons. The number of hydrogen-bond acceptors (Lipinski definition) is 3. The van der Waals surface area contributed by atoms with Crippen molar-refractivity contribution in [3.8, 4) is 78.6 Å². The summed E-state index contributed by atoms with van der Waals surface area (Å²) in [6.07, 6.45) is 2.53. The summed E-state index contributed by atoms with van der Waals surface area (Å²) in [6.45, 7) is 7.27. The number of phenols is 1. The first-order valence-electron chi connectivity index (χ1n) is 28.0. The van der Waals surface area contributed by atoms with Gasteiger partial charge in [-0.2, -0.15) is 0 Å². The van der Waals surface area contributed by atoms with E-state index < -0.39 is 31.4 Å². The number of benzene rings is 7. The monoisotopic (exact) mass is 901 g/mol. The summed E-state index contributed by atoms with van der Waals surface area (Å²) in [5.41, 5.74) is 10.9. The fourth-order valence-corrected chi connectivity index (χ4v) is 9.22. The van der Waals surface area contributed by atoms with Gasteiger partial charge in [-0.15, -0.1) is 0 Å². The van der Waals surface area contributed by atoms with Gasteiger partial charge in [0.25, 0.3) is 0 Å². The number of imidazole rings is 1. The van der Waals surface area contributed by atoms with Gasteiger partial charge in [-0.25, -0.2) is 4.98 Å². The first-order chi connectivity index (χ1) is 36.1. The summed E-state index contributed by atoms with van der Waals surface area (Å²) in [5, 5.41) is 12.6. The van der Waals surface area contributed by atoms with Gasteiger partial charge in [0.05, 0.1) is 22.3 Å². The molecule has 4 heteroatoms. The number of aromatic hydroxyl groups is 1. The van der Waals surface area contributed by atoms with Crippen molar-refractivity contribution in [3.63, 3.8) is 0 Å². The Hall–Kier alpha value is -7.04. The fourth-order valence-electron chi connectivity index (χ4n) is 9.22. The van der Waals surface area contributed by atoms with Crippen molar-refractivity contribution in [1.29, 1.82) is 0 Å². The van der Waals surface area contributed by atoms with Gasteiger partial charge in [-0.3, -0.25) is 9.55 Å². The molecule has 2 heterocycles. The molecule has 0 aliphatic carbocycles. The lowest BCUT2D eigenvalue weighted by atomic mass is 9.79. The largest absolute Gasteiger partial charge is 0.507 e. The van der Waals surface area contributed by atoms with Crippen molar-refractivity contribution in [3.05, 3.63) is 192 Å². The number of rotatable bonds is 9. The van der Waals surface area contributed by atoms with E-state index in [0.29, 0.717) is 34.1 Å². The van der Waals surface area contributed by atoms with E-state index in [1.807, 2.05) is 30.3 Å². The van der Waals surface area contributed by atoms with Crippen LogP contribution in [0.25, 0.3) is 83.9 Å². The number of aromatic nitrogens is 3. The molecule has 0 unspecified atom stereocenters. The molecule has 2 aromatic heterocycles. The zero-order valence-corrected chi connectivity index (χ0v) is 40.2. The van der Waals surface area contributed by atoms with Crippen LogP contribution < -0.4 is 0 Å². The highest BCUT2D eigenvalue weighted by Crippen LogP contribution is 2.45. The Labute approximate surface area is 417 Å². The van der Waals surface area contributed by atoms with E-state index in [2.05, 4.69) is 163 Å².